The van der Waals surface area contributed by atoms with Crippen LogP contribution in [0.1, 0.15) is 74.5 Å². The molecule has 1 aliphatic carbocycles. The minimum atomic E-state index is 0.138. The number of nitrogens with zero attached hydrogens (tertiary/aromatic N) is 1. The van der Waals surface area contributed by atoms with Crippen molar-refractivity contribution in [3.63, 3.8) is 0 Å². The molecule has 1 saturated heterocycles. The smallest absolute Gasteiger partial charge is 0.0691 e. The Hall–Kier alpha value is -1.38. The Balaban J connectivity index is 1.48. The number of pyridine rings is 1. The monoisotopic (exact) mass is 397 g/mol. The number of aromatic nitrogens is 1. The van der Waals surface area contributed by atoms with Gasteiger partial charge in [-0.25, -0.2) is 0 Å². The molecule has 1 aliphatic heterocycles. The molecule has 4 rings (SSSR count). The summed E-state index contributed by atoms with van der Waals surface area (Å²) in [6, 6.07) is 11.3. The summed E-state index contributed by atoms with van der Waals surface area (Å²) in [5.41, 5.74) is 4.55. The molecule has 0 amide bonds. The molecule has 1 spiro atoms. The third-order valence-corrected chi connectivity index (χ3v) is 7.13. The van der Waals surface area contributed by atoms with Gasteiger partial charge in [0, 0.05) is 24.4 Å². The number of ether oxygens (including phenoxy) is 1. The van der Waals surface area contributed by atoms with E-state index >= 15 is 0 Å². The molecule has 28 heavy (non-hydrogen) atoms. The molecule has 3 heteroatoms. The molecule has 2 aromatic rings. The quantitative estimate of drug-likeness (QED) is 0.499. The number of benzene rings is 1. The fourth-order valence-electron chi connectivity index (χ4n) is 5.52. The third-order valence-electron chi connectivity index (χ3n) is 6.93. The fourth-order valence-corrected chi connectivity index (χ4v) is 5.72. The predicted octanol–water partition coefficient (Wildman–Crippen LogP) is 6.82. The number of unbranched alkanes of at least 4 members (excludes halogenated alkanes) is 1. The van der Waals surface area contributed by atoms with E-state index in [1.165, 1.54) is 68.1 Å². The largest absolute Gasteiger partial charge is 0.375 e. The summed E-state index contributed by atoms with van der Waals surface area (Å²) >= 11 is 6.09. The molecular formula is C25H32ClNO. The molecule has 2 nitrogen and oxygen atoms in total. The Morgan fingerprint density at radius 1 is 1.07 bits per heavy atom. The van der Waals surface area contributed by atoms with Crippen LogP contribution >= 0.6 is 11.6 Å². The second-order valence-electron chi connectivity index (χ2n) is 9.03. The molecule has 0 N–H and O–H groups in total. The first-order valence-corrected chi connectivity index (χ1v) is 11.3. The molecule has 2 fully saturated rings. The van der Waals surface area contributed by atoms with Crippen LogP contribution in [0.4, 0.5) is 0 Å². The van der Waals surface area contributed by atoms with Crippen molar-refractivity contribution in [2.24, 2.45) is 0 Å². The number of rotatable bonds is 6. The van der Waals surface area contributed by atoms with Crippen LogP contribution in [0.3, 0.4) is 0 Å². The van der Waals surface area contributed by atoms with Crippen LogP contribution in [0.2, 0.25) is 5.02 Å². The molecule has 2 heterocycles. The maximum absolute atomic E-state index is 6.40. The zero-order valence-corrected chi connectivity index (χ0v) is 17.8. The Bertz CT molecular complexity index is 799. The predicted molar refractivity (Wildman–Crippen MR) is 116 cm³/mol. The maximum Gasteiger partial charge on any atom is 0.0691 e. The van der Waals surface area contributed by atoms with E-state index in [4.69, 9.17) is 16.3 Å². The van der Waals surface area contributed by atoms with Gasteiger partial charge < -0.3 is 4.74 Å². The summed E-state index contributed by atoms with van der Waals surface area (Å²) in [4.78, 5) is 4.22. The topological polar surface area (TPSA) is 22.1 Å². The van der Waals surface area contributed by atoms with E-state index in [0.717, 1.165) is 24.5 Å². The van der Waals surface area contributed by atoms with Crippen LogP contribution in [0.5, 0.6) is 0 Å². The number of hydrogen-bond acceptors (Lipinski definition) is 2. The minimum absolute atomic E-state index is 0.138. The van der Waals surface area contributed by atoms with Crippen LogP contribution < -0.4 is 0 Å². The van der Waals surface area contributed by atoms with Crippen molar-refractivity contribution in [3.05, 3.63) is 64.4 Å². The molecule has 1 aromatic heterocycles. The van der Waals surface area contributed by atoms with Gasteiger partial charge in [-0.15, -0.1) is 0 Å². The highest BCUT2D eigenvalue weighted by atomic mass is 35.5. The Labute approximate surface area is 174 Å². The average Bonchev–Trinajstić information content (AvgIpc) is 3.13. The highest BCUT2D eigenvalue weighted by Gasteiger charge is 2.47. The standard InChI is InChI=1S/C25H32ClNO/c1-20-7-6-9-22(15-20)24(13-14-28-25(19-24)11-4-5-12-25)10-3-2-8-21-16-23(26)18-27-17-21/h6-7,9,15-18H,2-5,8,10-14,19H2,1H3/t24-/m1/s1. The molecule has 0 radical (unpaired) electrons. The van der Waals surface area contributed by atoms with Gasteiger partial charge in [-0.3, -0.25) is 4.98 Å². The van der Waals surface area contributed by atoms with E-state index in [0.29, 0.717) is 0 Å². The van der Waals surface area contributed by atoms with Crippen LogP contribution in [-0.2, 0) is 16.6 Å². The number of aryl methyl sites for hydroxylation is 2. The molecule has 1 atom stereocenters. The van der Waals surface area contributed by atoms with Gasteiger partial charge in [0.15, 0.2) is 0 Å². The van der Waals surface area contributed by atoms with E-state index < -0.39 is 0 Å². The lowest BCUT2D eigenvalue weighted by atomic mass is 9.65. The highest BCUT2D eigenvalue weighted by molar-refractivity contribution is 6.30. The normalized spacial score (nSPS) is 23.9. The average molecular weight is 398 g/mol. The first kappa shape index (κ1) is 19.9. The summed E-state index contributed by atoms with van der Waals surface area (Å²) in [7, 11) is 0. The molecule has 1 saturated carbocycles. The van der Waals surface area contributed by atoms with Gasteiger partial charge in [-0.2, -0.15) is 0 Å². The summed E-state index contributed by atoms with van der Waals surface area (Å²) in [6.07, 6.45) is 15.9. The van der Waals surface area contributed by atoms with Crippen molar-refractivity contribution in [1.82, 2.24) is 4.98 Å². The second kappa shape index (κ2) is 8.55. The van der Waals surface area contributed by atoms with Gasteiger partial charge in [0.05, 0.1) is 10.6 Å². The van der Waals surface area contributed by atoms with E-state index in [-0.39, 0.29) is 11.0 Å². The van der Waals surface area contributed by atoms with Gasteiger partial charge in [-0.05, 0) is 69.1 Å². The van der Waals surface area contributed by atoms with Crippen molar-refractivity contribution in [1.29, 1.82) is 0 Å². The van der Waals surface area contributed by atoms with Gasteiger partial charge >= 0.3 is 0 Å². The van der Waals surface area contributed by atoms with Crippen molar-refractivity contribution < 1.29 is 4.74 Å². The molecule has 150 valence electrons. The van der Waals surface area contributed by atoms with Gasteiger partial charge in [0.25, 0.3) is 0 Å². The van der Waals surface area contributed by atoms with E-state index in [2.05, 4.69) is 36.2 Å². The van der Waals surface area contributed by atoms with Crippen LogP contribution in [0.15, 0.2) is 42.7 Å². The summed E-state index contributed by atoms with van der Waals surface area (Å²) in [5.74, 6) is 0. The van der Waals surface area contributed by atoms with Crippen LogP contribution in [0.25, 0.3) is 0 Å². The van der Waals surface area contributed by atoms with Crippen molar-refractivity contribution in [2.75, 3.05) is 6.61 Å². The lowest BCUT2D eigenvalue weighted by Gasteiger charge is -2.47. The van der Waals surface area contributed by atoms with Crippen molar-refractivity contribution >= 4 is 11.6 Å². The van der Waals surface area contributed by atoms with Crippen LogP contribution in [0, 0.1) is 6.92 Å². The zero-order chi connectivity index (χ0) is 19.5. The Kier molecular flexibility index (Phi) is 6.08. The van der Waals surface area contributed by atoms with E-state index in [1.54, 1.807) is 6.20 Å². The van der Waals surface area contributed by atoms with E-state index in [1.807, 2.05) is 12.3 Å². The minimum Gasteiger partial charge on any atom is -0.375 e. The third kappa shape index (κ3) is 4.44. The molecule has 1 aromatic carbocycles. The molecular weight excluding hydrogens is 366 g/mol. The van der Waals surface area contributed by atoms with Gasteiger partial charge in [0.1, 0.15) is 0 Å². The second-order valence-corrected chi connectivity index (χ2v) is 9.47. The first-order chi connectivity index (χ1) is 13.6. The van der Waals surface area contributed by atoms with Gasteiger partial charge in [-0.1, -0.05) is 60.7 Å². The zero-order valence-electron chi connectivity index (χ0n) is 17.1. The van der Waals surface area contributed by atoms with Crippen molar-refractivity contribution in [2.45, 2.75) is 82.1 Å². The highest BCUT2D eigenvalue weighted by Crippen LogP contribution is 2.50. The fraction of sp³-hybridized carbons (Fsp3) is 0.560. The number of halogens is 1. The molecule has 2 aliphatic rings. The number of hydrogen-bond donors (Lipinski definition) is 0. The van der Waals surface area contributed by atoms with E-state index in [9.17, 15) is 0 Å². The summed E-state index contributed by atoms with van der Waals surface area (Å²) in [5, 5.41) is 0.737. The summed E-state index contributed by atoms with van der Waals surface area (Å²) < 4.78 is 6.40. The lowest BCUT2D eigenvalue weighted by Crippen LogP contribution is -2.46. The molecule has 0 bridgehead atoms. The Morgan fingerprint density at radius 3 is 2.71 bits per heavy atom. The van der Waals surface area contributed by atoms with Gasteiger partial charge in [0.2, 0.25) is 0 Å². The first-order valence-electron chi connectivity index (χ1n) is 10.9. The SMILES string of the molecule is Cc1cccc([C@]2(CCCCc3cncc(Cl)c3)CCOC3(CCCC3)C2)c1. The maximum atomic E-state index is 6.40. The Morgan fingerprint density at radius 2 is 1.93 bits per heavy atom. The summed E-state index contributed by atoms with van der Waals surface area (Å²) in [6.45, 7) is 3.13. The van der Waals surface area contributed by atoms with Crippen LogP contribution in [-0.4, -0.2) is 17.2 Å². The van der Waals surface area contributed by atoms with Crippen molar-refractivity contribution in [3.8, 4) is 0 Å². The molecule has 0 unspecified atom stereocenters. The lowest BCUT2D eigenvalue weighted by molar-refractivity contribution is -0.104.